The number of aromatic nitrogens is 1. The first-order valence-electron chi connectivity index (χ1n) is 13.9. The molecule has 0 spiro atoms. The Morgan fingerprint density at radius 3 is 2.40 bits per heavy atom. The van der Waals surface area contributed by atoms with Crippen LogP contribution in [0.2, 0.25) is 0 Å². The molecule has 1 aromatic heterocycles. The molecule has 5 aromatic rings. The molecule has 0 aliphatic carbocycles. The third-order valence-corrected chi connectivity index (χ3v) is 7.90. The lowest BCUT2D eigenvalue weighted by Crippen LogP contribution is -2.40. The van der Waals surface area contributed by atoms with Crippen LogP contribution in [0.3, 0.4) is 0 Å². The molecule has 42 heavy (non-hydrogen) atoms. The molecule has 0 N–H and O–H groups in total. The molecule has 206 valence electrons. The maximum atomic E-state index is 13.4. The van der Waals surface area contributed by atoms with Crippen LogP contribution >= 0.6 is 0 Å². The number of para-hydroxylation sites is 1. The lowest BCUT2D eigenvalue weighted by atomic mass is 9.96. The number of allylic oxidation sites excluding steroid dienone is 1. The van der Waals surface area contributed by atoms with Gasteiger partial charge in [-0.25, -0.2) is 4.98 Å². The van der Waals surface area contributed by atoms with Crippen LogP contribution in [-0.4, -0.2) is 53.8 Å². The highest BCUT2D eigenvalue weighted by Crippen LogP contribution is 2.37. The molecular formula is C35H27N3O4. The monoisotopic (exact) mass is 553 g/mol. The molecule has 7 nitrogen and oxygen atoms in total. The summed E-state index contributed by atoms with van der Waals surface area (Å²) in [5.74, 6) is -0.509. The van der Waals surface area contributed by atoms with E-state index in [-0.39, 0.29) is 23.3 Å². The standard InChI is InChI=1S/C35H27N3O4/c1-22(39)38-32-9-5-4-8-28(32)34(40)33(38)21-27-20-29(25-11-10-23-6-2-3-7-24(23)18-25)30-19-26(12-13-31(30)36-27)35(41)37-14-16-42-17-15-37/h2-13,18-21H,14-17H2,1H3/b33-21-. The normalized spacial score (nSPS) is 15.9. The number of fused-ring (bicyclic) bond motifs is 3. The predicted molar refractivity (Wildman–Crippen MR) is 163 cm³/mol. The lowest BCUT2D eigenvalue weighted by molar-refractivity contribution is -0.116. The molecule has 4 aromatic carbocycles. The number of pyridine rings is 1. The molecule has 0 saturated carbocycles. The summed E-state index contributed by atoms with van der Waals surface area (Å²) in [6.45, 7) is 3.62. The van der Waals surface area contributed by atoms with Crippen molar-refractivity contribution >= 4 is 51.0 Å². The van der Waals surface area contributed by atoms with E-state index >= 15 is 0 Å². The van der Waals surface area contributed by atoms with Crippen LogP contribution < -0.4 is 4.90 Å². The Balaban J connectivity index is 1.40. The van der Waals surface area contributed by atoms with Crippen molar-refractivity contribution in [3.05, 3.63) is 114 Å². The molecular weight excluding hydrogens is 526 g/mol. The number of amides is 2. The smallest absolute Gasteiger partial charge is 0.254 e. The Hall–Kier alpha value is -5.14. The maximum absolute atomic E-state index is 13.4. The molecule has 1 saturated heterocycles. The number of carbonyl (C=O) groups is 3. The van der Waals surface area contributed by atoms with Gasteiger partial charge in [0.25, 0.3) is 5.91 Å². The van der Waals surface area contributed by atoms with Gasteiger partial charge in [-0.2, -0.15) is 0 Å². The summed E-state index contributed by atoms with van der Waals surface area (Å²) in [5, 5.41) is 3.04. The van der Waals surface area contributed by atoms with E-state index < -0.39 is 0 Å². The van der Waals surface area contributed by atoms with Gasteiger partial charge < -0.3 is 9.64 Å². The Morgan fingerprint density at radius 2 is 1.60 bits per heavy atom. The lowest BCUT2D eigenvalue weighted by Gasteiger charge is -2.27. The average molecular weight is 554 g/mol. The molecule has 0 bridgehead atoms. The minimum absolute atomic E-state index is 0.0396. The number of hydrogen-bond acceptors (Lipinski definition) is 5. The number of anilines is 1. The van der Waals surface area contributed by atoms with Crippen LogP contribution in [0, 0.1) is 0 Å². The van der Waals surface area contributed by atoms with Crippen LogP contribution in [0.5, 0.6) is 0 Å². The molecule has 7 heteroatoms. The number of hydrogen-bond donors (Lipinski definition) is 0. The van der Waals surface area contributed by atoms with E-state index in [1.165, 1.54) is 11.8 Å². The largest absolute Gasteiger partial charge is 0.378 e. The zero-order valence-electron chi connectivity index (χ0n) is 23.0. The maximum Gasteiger partial charge on any atom is 0.254 e. The minimum Gasteiger partial charge on any atom is -0.378 e. The second-order valence-electron chi connectivity index (χ2n) is 10.5. The van der Waals surface area contributed by atoms with E-state index in [9.17, 15) is 14.4 Å². The van der Waals surface area contributed by atoms with Gasteiger partial charge in [0.1, 0.15) is 0 Å². The van der Waals surface area contributed by atoms with Gasteiger partial charge in [-0.15, -0.1) is 0 Å². The molecule has 2 amide bonds. The van der Waals surface area contributed by atoms with Crippen LogP contribution in [0.25, 0.3) is 38.9 Å². The van der Waals surface area contributed by atoms with Crippen molar-refractivity contribution in [1.82, 2.24) is 9.88 Å². The van der Waals surface area contributed by atoms with Crippen molar-refractivity contribution < 1.29 is 19.1 Å². The predicted octanol–water partition coefficient (Wildman–Crippen LogP) is 6.12. The van der Waals surface area contributed by atoms with E-state index in [0.717, 1.165) is 27.3 Å². The van der Waals surface area contributed by atoms with E-state index in [0.29, 0.717) is 54.3 Å². The minimum atomic E-state index is -0.249. The molecule has 0 atom stereocenters. The zero-order valence-corrected chi connectivity index (χ0v) is 23.0. The first-order valence-corrected chi connectivity index (χ1v) is 13.9. The van der Waals surface area contributed by atoms with E-state index in [1.54, 1.807) is 30.3 Å². The van der Waals surface area contributed by atoms with E-state index in [1.807, 2.05) is 41.3 Å². The summed E-state index contributed by atoms with van der Waals surface area (Å²) in [7, 11) is 0. The summed E-state index contributed by atoms with van der Waals surface area (Å²) >= 11 is 0. The van der Waals surface area contributed by atoms with Crippen molar-refractivity contribution in [2.24, 2.45) is 0 Å². The Bertz CT molecular complexity index is 1960. The average Bonchev–Trinajstić information content (AvgIpc) is 3.31. The van der Waals surface area contributed by atoms with Crippen molar-refractivity contribution in [2.45, 2.75) is 6.92 Å². The molecule has 1 fully saturated rings. The quantitative estimate of drug-likeness (QED) is 0.252. The third-order valence-electron chi connectivity index (χ3n) is 7.90. The fraction of sp³-hybridized carbons (Fsp3) is 0.143. The second-order valence-corrected chi connectivity index (χ2v) is 10.5. The van der Waals surface area contributed by atoms with E-state index in [4.69, 9.17) is 9.72 Å². The summed E-state index contributed by atoms with van der Waals surface area (Å²) in [6, 6.07) is 29.0. The molecule has 2 aliphatic heterocycles. The summed E-state index contributed by atoms with van der Waals surface area (Å²) < 4.78 is 5.43. The fourth-order valence-electron chi connectivity index (χ4n) is 5.84. The Labute approximate surface area is 242 Å². The first kappa shape index (κ1) is 25.8. The van der Waals surface area contributed by atoms with Crippen molar-refractivity contribution in [3.8, 4) is 11.1 Å². The van der Waals surface area contributed by atoms with Gasteiger partial charge >= 0.3 is 0 Å². The SMILES string of the molecule is CC(=O)N1/C(=C\c2cc(-c3ccc4ccccc4c3)c3cc(C(=O)N4CCOCC4)ccc3n2)C(=O)c2ccccc21. The third kappa shape index (κ3) is 4.44. The number of benzene rings is 4. The molecule has 0 radical (unpaired) electrons. The van der Waals surface area contributed by atoms with Gasteiger partial charge in [-0.05, 0) is 70.4 Å². The zero-order chi connectivity index (χ0) is 28.8. The van der Waals surface area contributed by atoms with Gasteiger partial charge in [0, 0.05) is 36.5 Å². The van der Waals surface area contributed by atoms with Gasteiger partial charge in [0.2, 0.25) is 11.7 Å². The van der Waals surface area contributed by atoms with Gasteiger partial charge in [-0.3, -0.25) is 19.3 Å². The number of ether oxygens (including phenoxy) is 1. The van der Waals surface area contributed by atoms with Crippen molar-refractivity contribution in [1.29, 1.82) is 0 Å². The second kappa shape index (κ2) is 10.4. The van der Waals surface area contributed by atoms with Gasteiger partial charge in [-0.1, -0.05) is 48.5 Å². The Kier molecular flexibility index (Phi) is 6.36. The highest BCUT2D eigenvalue weighted by atomic mass is 16.5. The summed E-state index contributed by atoms with van der Waals surface area (Å²) in [5.41, 5.74) is 4.97. The highest BCUT2D eigenvalue weighted by molar-refractivity contribution is 6.26. The number of rotatable bonds is 3. The van der Waals surface area contributed by atoms with Crippen LogP contribution in [0.4, 0.5) is 5.69 Å². The van der Waals surface area contributed by atoms with Gasteiger partial charge in [0.05, 0.1) is 35.8 Å². The van der Waals surface area contributed by atoms with Crippen molar-refractivity contribution in [2.75, 3.05) is 31.2 Å². The van der Waals surface area contributed by atoms with Crippen molar-refractivity contribution in [3.63, 3.8) is 0 Å². The van der Waals surface area contributed by atoms with Gasteiger partial charge in [0.15, 0.2) is 0 Å². The number of nitrogens with zero attached hydrogens (tertiary/aromatic N) is 3. The summed E-state index contributed by atoms with van der Waals surface area (Å²) in [4.78, 5) is 47.6. The number of morpholine rings is 1. The first-order chi connectivity index (χ1) is 20.5. The number of Topliss-reactive ketones (excluding diaryl/α,β-unsaturated/α-hetero) is 1. The fourth-order valence-corrected chi connectivity index (χ4v) is 5.84. The number of ketones is 1. The highest BCUT2D eigenvalue weighted by Gasteiger charge is 2.34. The van der Waals surface area contributed by atoms with E-state index in [2.05, 4.69) is 30.3 Å². The molecule has 2 aliphatic rings. The van der Waals surface area contributed by atoms with Crippen LogP contribution in [0.1, 0.15) is 33.3 Å². The molecule has 3 heterocycles. The Morgan fingerprint density at radius 1 is 0.833 bits per heavy atom. The topological polar surface area (TPSA) is 79.8 Å². The summed E-state index contributed by atoms with van der Waals surface area (Å²) in [6.07, 6.45) is 1.68. The molecule has 0 unspecified atom stereocenters. The number of carbonyl (C=O) groups excluding carboxylic acids is 3. The van der Waals surface area contributed by atoms with Crippen LogP contribution in [-0.2, 0) is 9.53 Å². The molecule has 7 rings (SSSR count). The van der Waals surface area contributed by atoms with Crippen LogP contribution in [0.15, 0.2) is 96.7 Å².